The molecule has 8 nitrogen and oxygen atoms in total. The van der Waals surface area contributed by atoms with Gasteiger partial charge in [-0.2, -0.15) is 5.26 Å². The van der Waals surface area contributed by atoms with Gasteiger partial charge < -0.3 is 24.6 Å². The fourth-order valence-corrected chi connectivity index (χ4v) is 2.48. The summed E-state index contributed by atoms with van der Waals surface area (Å²) in [6, 6.07) is 13.8. The van der Waals surface area contributed by atoms with Crippen molar-refractivity contribution in [2.75, 3.05) is 20.3 Å². The molecule has 0 aromatic heterocycles. The summed E-state index contributed by atoms with van der Waals surface area (Å²) in [5.41, 5.74) is 1.32. The molecule has 0 atom stereocenters. The second kappa shape index (κ2) is 11.1. The number of carbonyl (C=O) groups is 2. The fraction of sp³-hybridized carbons (Fsp3) is 0.227. The number of nitrogens with zero attached hydrogens (tertiary/aromatic N) is 1. The maximum atomic E-state index is 12.4. The van der Waals surface area contributed by atoms with Gasteiger partial charge in [0, 0.05) is 6.54 Å². The van der Waals surface area contributed by atoms with E-state index in [1.807, 2.05) is 18.2 Å². The lowest BCUT2D eigenvalue weighted by Gasteiger charge is -2.11. The molecular formula is C22H22N2O6. The minimum absolute atomic E-state index is 0.0786. The van der Waals surface area contributed by atoms with Crippen LogP contribution in [0.4, 0.5) is 0 Å². The maximum absolute atomic E-state index is 12.4. The summed E-state index contributed by atoms with van der Waals surface area (Å²) in [5.74, 6) is -0.329. The zero-order valence-electron chi connectivity index (χ0n) is 16.7. The molecule has 8 heteroatoms. The lowest BCUT2D eigenvalue weighted by Crippen LogP contribution is -2.23. The summed E-state index contributed by atoms with van der Waals surface area (Å²) < 4.78 is 15.8. The van der Waals surface area contributed by atoms with Crippen molar-refractivity contribution in [1.29, 1.82) is 5.26 Å². The largest absolute Gasteiger partial charge is 0.497 e. The van der Waals surface area contributed by atoms with E-state index < -0.39 is 18.5 Å². The number of hydrogen-bond acceptors (Lipinski definition) is 6. The Balaban J connectivity index is 2.12. The van der Waals surface area contributed by atoms with E-state index in [4.69, 9.17) is 19.3 Å². The molecular weight excluding hydrogens is 388 g/mol. The summed E-state index contributed by atoms with van der Waals surface area (Å²) in [7, 11) is 1.57. The first-order chi connectivity index (χ1) is 14.5. The van der Waals surface area contributed by atoms with E-state index >= 15 is 0 Å². The smallest absolute Gasteiger partial charge is 0.341 e. The Morgan fingerprint density at radius 2 is 1.87 bits per heavy atom. The Morgan fingerprint density at radius 3 is 2.47 bits per heavy atom. The molecule has 1 amide bonds. The minimum Gasteiger partial charge on any atom is -0.497 e. The van der Waals surface area contributed by atoms with E-state index in [9.17, 15) is 14.9 Å². The normalized spacial score (nSPS) is 10.6. The zero-order valence-corrected chi connectivity index (χ0v) is 16.7. The predicted octanol–water partition coefficient (Wildman–Crippen LogP) is 2.78. The number of carbonyl (C=O) groups excluding carboxylic acids is 1. The Bertz CT molecular complexity index is 961. The van der Waals surface area contributed by atoms with Gasteiger partial charge in [-0.15, -0.1) is 0 Å². The number of nitriles is 1. The number of amides is 1. The average molecular weight is 410 g/mol. The van der Waals surface area contributed by atoms with Gasteiger partial charge in [0.1, 0.15) is 17.4 Å². The molecule has 0 heterocycles. The van der Waals surface area contributed by atoms with Crippen molar-refractivity contribution in [2.45, 2.75) is 13.5 Å². The van der Waals surface area contributed by atoms with Crippen molar-refractivity contribution in [2.24, 2.45) is 0 Å². The second-order valence-corrected chi connectivity index (χ2v) is 6.02. The molecule has 0 aliphatic carbocycles. The highest BCUT2D eigenvalue weighted by Gasteiger charge is 2.12. The van der Waals surface area contributed by atoms with Crippen LogP contribution in [0.1, 0.15) is 18.1 Å². The van der Waals surface area contributed by atoms with Gasteiger partial charge in [0.2, 0.25) is 0 Å². The van der Waals surface area contributed by atoms with Crippen molar-refractivity contribution >= 4 is 18.0 Å². The molecule has 0 aliphatic heterocycles. The van der Waals surface area contributed by atoms with E-state index in [1.165, 1.54) is 12.1 Å². The Kier molecular flexibility index (Phi) is 8.27. The molecule has 0 aliphatic rings. The van der Waals surface area contributed by atoms with Crippen LogP contribution in [0.15, 0.2) is 48.0 Å². The molecule has 2 aromatic rings. The third-order valence-corrected chi connectivity index (χ3v) is 3.91. The summed E-state index contributed by atoms with van der Waals surface area (Å²) in [6.45, 7) is 1.86. The highest BCUT2D eigenvalue weighted by Crippen LogP contribution is 2.29. The van der Waals surface area contributed by atoms with Crippen LogP contribution in [-0.2, 0) is 16.1 Å². The summed E-state index contributed by atoms with van der Waals surface area (Å²) >= 11 is 0. The molecule has 0 spiro atoms. The highest BCUT2D eigenvalue weighted by molar-refractivity contribution is 6.01. The topological polar surface area (TPSA) is 118 Å². The fourth-order valence-electron chi connectivity index (χ4n) is 2.48. The van der Waals surface area contributed by atoms with E-state index in [-0.39, 0.29) is 17.9 Å². The number of carboxylic acids is 1. The number of nitrogens with one attached hydrogen (secondary N) is 1. The molecule has 30 heavy (non-hydrogen) atoms. The molecule has 0 unspecified atom stereocenters. The van der Waals surface area contributed by atoms with Crippen molar-refractivity contribution in [3.05, 3.63) is 59.2 Å². The molecule has 2 aromatic carbocycles. The van der Waals surface area contributed by atoms with Crippen molar-refractivity contribution < 1.29 is 28.9 Å². The number of carboxylic acid groups (broad SMARTS) is 1. The van der Waals surface area contributed by atoms with Gasteiger partial charge in [-0.25, -0.2) is 4.79 Å². The first-order valence-corrected chi connectivity index (χ1v) is 9.11. The van der Waals surface area contributed by atoms with Crippen LogP contribution in [0.5, 0.6) is 17.2 Å². The van der Waals surface area contributed by atoms with Gasteiger partial charge in [-0.05, 0) is 48.4 Å². The van der Waals surface area contributed by atoms with Crippen LogP contribution in [0.2, 0.25) is 0 Å². The van der Waals surface area contributed by atoms with Gasteiger partial charge in [-0.3, -0.25) is 4.79 Å². The van der Waals surface area contributed by atoms with Crippen LogP contribution in [-0.4, -0.2) is 37.3 Å². The third kappa shape index (κ3) is 6.56. The van der Waals surface area contributed by atoms with Gasteiger partial charge >= 0.3 is 5.97 Å². The second-order valence-electron chi connectivity index (χ2n) is 6.02. The van der Waals surface area contributed by atoms with Crippen LogP contribution in [0.3, 0.4) is 0 Å². The van der Waals surface area contributed by atoms with Crippen molar-refractivity contribution in [3.63, 3.8) is 0 Å². The van der Waals surface area contributed by atoms with Gasteiger partial charge in [0.15, 0.2) is 18.1 Å². The first-order valence-electron chi connectivity index (χ1n) is 9.11. The van der Waals surface area contributed by atoms with Crippen LogP contribution in [0, 0.1) is 11.3 Å². The highest BCUT2D eigenvalue weighted by atomic mass is 16.5. The van der Waals surface area contributed by atoms with E-state index in [0.717, 1.165) is 5.56 Å². The van der Waals surface area contributed by atoms with E-state index in [1.54, 1.807) is 38.3 Å². The number of benzene rings is 2. The number of hydrogen-bond donors (Lipinski definition) is 2. The predicted molar refractivity (Wildman–Crippen MR) is 109 cm³/mol. The van der Waals surface area contributed by atoms with Gasteiger partial charge in [-0.1, -0.05) is 18.2 Å². The molecule has 0 bridgehead atoms. The Hall–Kier alpha value is -3.99. The van der Waals surface area contributed by atoms with E-state index in [0.29, 0.717) is 23.7 Å². The zero-order chi connectivity index (χ0) is 21.9. The molecule has 0 fully saturated rings. The lowest BCUT2D eigenvalue weighted by molar-refractivity contribution is -0.139. The average Bonchev–Trinajstić information content (AvgIpc) is 2.75. The number of ether oxygens (including phenoxy) is 3. The number of methoxy groups -OCH3 is 1. The molecule has 0 radical (unpaired) electrons. The van der Waals surface area contributed by atoms with Crippen molar-refractivity contribution in [3.8, 4) is 23.3 Å². The van der Waals surface area contributed by atoms with Gasteiger partial charge in [0.05, 0.1) is 13.7 Å². The Labute approximate surface area is 174 Å². The monoisotopic (exact) mass is 410 g/mol. The number of aliphatic carboxylic acids is 1. The third-order valence-electron chi connectivity index (χ3n) is 3.91. The minimum atomic E-state index is -1.11. The molecule has 0 saturated heterocycles. The Morgan fingerprint density at radius 1 is 1.13 bits per heavy atom. The quantitative estimate of drug-likeness (QED) is 0.457. The molecule has 2 N–H and O–H groups in total. The van der Waals surface area contributed by atoms with Crippen LogP contribution < -0.4 is 19.5 Å². The summed E-state index contributed by atoms with van der Waals surface area (Å²) in [6.07, 6.45) is 1.42. The van der Waals surface area contributed by atoms with Crippen LogP contribution in [0.25, 0.3) is 6.08 Å². The van der Waals surface area contributed by atoms with E-state index in [2.05, 4.69) is 5.32 Å². The SMILES string of the molecule is CCOc1cc(/C=C(/C#N)C(=O)NCc2ccc(OC)cc2)ccc1OCC(=O)O. The molecule has 156 valence electrons. The van der Waals surface area contributed by atoms with Gasteiger partial charge in [0.25, 0.3) is 5.91 Å². The summed E-state index contributed by atoms with van der Waals surface area (Å²) in [5, 5.41) is 20.8. The standard InChI is InChI=1S/C22H22N2O6/c1-3-29-20-11-16(6-9-19(20)30-14-21(25)26)10-17(12-23)22(27)24-13-15-4-7-18(28-2)8-5-15/h4-11H,3,13-14H2,1-2H3,(H,24,27)(H,25,26)/b17-10-. The number of rotatable bonds is 10. The summed E-state index contributed by atoms with van der Waals surface area (Å²) in [4.78, 5) is 23.1. The maximum Gasteiger partial charge on any atom is 0.341 e. The van der Waals surface area contributed by atoms with Crippen molar-refractivity contribution in [1.82, 2.24) is 5.32 Å². The lowest BCUT2D eigenvalue weighted by atomic mass is 10.1. The van der Waals surface area contributed by atoms with Crippen LogP contribution >= 0.6 is 0 Å². The molecule has 0 saturated carbocycles. The first kappa shape index (κ1) is 22.3. The molecule has 2 rings (SSSR count).